The molecule has 35 heavy (non-hydrogen) atoms. The van der Waals surface area contributed by atoms with Crippen LogP contribution < -0.4 is 10.2 Å². The number of pyridine rings is 1. The Morgan fingerprint density at radius 1 is 1.00 bits per heavy atom. The predicted octanol–water partition coefficient (Wildman–Crippen LogP) is 6.12. The molecule has 1 amide bonds. The molecule has 180 valence electrons. The van der Waals surface area contributed by atoms with Gasteiger partial charge in [0.05, 0.1) is 10.5 Å². The quantitative estimate of drug-likeness (QED) is 0.359. The minimum Gasteiger partial charge on any atom is -0.438 e. The summed E-state index contributed by atoms with van der Waals surface area (Å²) in [5.74, 6) is 0. The first kappa shape index (κ1) is 24.0. The molecule has 3 aromatic rings. The number of amides is 1. The van der Waals surface area contributed by atoms with E-state index < -0.39 is 12.2 Å². The van der Waals surface area contributed by atoms with E-state index in [9.17, 15) is 4.79 Å². The molecule has 1 saturated heterocycles. The number of ether oxygens (including phenoxy) is 1. The van der Waals surface area contributed by atoms with E-state index in [1.807, 2.05) is 36.4 Å². The van der Waals surface area contributed by atoms with Gasteiger partial charge in [0, 0.05) is 60.3 Å². The van der Waals surface area contributed by atoms with Crippen molar-refractivity contribution in [3.63, 3.8) is 0 Å². The van der Waals surface area contributed by atoms with Gasteiger partial charge in [-0.05, 0) is 48.0 Å². The molecule has 5 rings (SSSR count). The minimum absolute atomic E-state index is 0.162. The second kappa shape index (κ2) is 10.9. The lowest BCUT2D eigenvalue weighted by atomic mass is 9.92. The average Bonchev–Trinajstić information content (AvgIpc) is 2.88. The summed E-state index contributed by atoms with van der Waals surface area (Å²) in [7, 11) is 0. The molecule has 8 heteroatoms. The van der Waals surface area contributed by atoms with Gasteiger partial charge in [0.25, 0.3) is 0 Å². The maximum atomic E-state index is 12.6. The number of fused-ring (bicyclic) bond motifs is 1. The van der Waals surface area contributed by atoms with E-state index in [2.05, 4.69) is 88.4 Å². The van der Waals surface area contributed by atoms with E-state index in [0.717, 1.165) is 48.5 Å². The van der Waals surface area contributed by atoms with Crippen molar-refractivity contribution in [3.8, 4) is 0 Å². The van der Waals surface area contributed by atoms with E-state index in [1.54, 1.807) is 6.20 Å². The summed E-state index contributed by atoms with van der Waals surface area (Å²) in [6, 6.07) is 21.8. The van der Waals surface area contributed by atoms with E-state index in [0.29, 0.717) is 5.69 Å². The zero-order valence-corrected chi connectivity index (χ0v) is 22.3. The van der Waals surface area contributed by atoms with Crippen molar-refractivity contribution >= 4 is 54.9 Å². The number of hydrogen-bond donors (Lipinski definition) is 1. The molecule has 2 unspecified atom stereocenters. The maximum Gasteiger partial charge on any atom is 0.412 e. The van der Waals surface area contributed by atoms with E-state index in [1.165, 1.54) is 11.3 Å². The van der Waals surface area contributed by atoms with Crippen LogP contribution >= 0.6 is 31.9 Å². The van der Waals surface area contributed by atoms with Crippen molar-refractivity contribution in [2.24, 2.45) is 0 Å². The third-order valence-corrected chi connectivity index (χ3v) is 7.59. The summed E-state index contributed by atoms with van der Waals surface area (Å²) in [5.41, 5.74) is 4.97. The molecular formula is C27H26Br2N4O2. The molecule has 1 aliphatic heterocycles. The Morgan fingerprint density at radius 3 is 2.49 bits per heavy atom. The third-order valence-electron chi connectivity index (χ3n) is 6.32. The first-order valence-corrected chi connectivity index (χ1v) is 13.3. The van der Waals surface area contributed by atoms with Crippen LogP contribution in [-0.4, -0.2) is 53.5 Å². The van der Waals surface area contributed by atoms with Crippen molar-refractivity contribution in [3.05, 3.63) is 94.7 Å². The smallest absolute Gasteiger partial charge is 0.412 e. The Bertz CT molecular complexity index is 1200. The molecule has 2 atom stereocenters. The van der Waals surface area contributed by atoms with Gasteiger partial charge in [-0.2, -0.15) is 0 Å². The number of benzene rings is 2. The van der Waals surface area contributed by atoms with Gasteiger partial charge < -0.3 is 9.64 Å². The number of halogens is 2. The number of aromatic nitrogens is 1. The molecule has 0 bridgehead atoms. The summed E-state index contributed by atoms with van der Waals surface area (Å²) in [6.07, 6.45) is 2.91. The number of alkyl halides is 1. The number of piperazine rings is 1. The topological polar surface area (TPSA) is 57.7 Å². The number of carbonyl (C=O) groups is 1. The lowest BCUT2D eigenvalue weighted by molar-refractivity contribution is 0.112. The molecule has 1 aliphatic carbocycles. The highest BCUT2D eigenvalue weighted by atomic mass is 79.9. The lowest BCUT2D eigenvalue weighted by Gasteiger charge is -2.37. The third kappa shape index (κ3) is 5.77. The largest absolute Gasteiger partial charge is 0.438 e. The summed E-state index contributed by atoms with van der Waals surface area (Å²) >= 11 is 7.25. The average molecular weight is 598 g/mol. The Kier molecular flexibility index (Phi) is 7.51. The highest BCUT2D eigenvalue weighted by Gasteiger charge is 2.33. The van der Waals surface area contributed by atoms with Gasteiger partial charge in [-0.25, -0.2) is 4.79 Å². The van der Waals surface area contributed by atoms with Gasteiger partial charge in [0.1, 0.15) is 0 Å². The standard InChI is InChI=1S/C27H26Br2N4O2/c28-20-8-10-22(11-9-20)33-15-13-32(14-16-33)18-19-17-24(29)26(25-23(19)7-4-12-30-25)35-27(34)31-21-5-2-1-3-6-21/h1-12,17,24,26H,13-16,18H2,(H,31,34). The molecule has 1 N–H and O–H groups in total. The number of rotatable bonds is 5. The highest BCUT2D eigenvalue weighted by molar-refractivity contribution is 9.10. The molecule has 0 radical (unpaired) electrons. The van der Waals surface area contributed by atoms with Crippen LogP contribution in [0.3, 0.4) is 0 Å². The van der Waals surface area contributed by atoms with Crippen LogP contribution in [0.15, 0.2) is 83.5 Å². The highest BCUT2D eigenvalue weighted by Crippen LogP contribution is 2.38. The SMILES string of the molecule is O=C(Nc1ccccc1)OC1c2ncccc2C(CN2CCN(c3ccc(Br)cc3)CC2)=CC1Br. The second-order valence-electron chi connectivity index (χ2n) is 8.63. The number of hydrogen-bond acceptors (Lipinski definition) is 5. The molecule has 6 nitrogen and oxygen atoms in total. The minimum atomic E-state index is -0.507. The van der Waals surface area contributed by atoms with Crippen LogP contribution in [-0.2, 0) is 4.74 Å². The first-order chi connectivity index (χ1) is 17.1. The first-order valence-electron chi connectivity index (χ1n) is 11.6. The van der Waals surface area contributed by atoms with Crippen LogP contribution in [0.2, 0.25) is 0 Å². The van der Waals surface area contributed by atoms with Gasteiger partial charge in [0.2, 0.25) is 0 Å². The summed E-state index contributed by atoms with van der Waals surface area (Å²) in [6.45, 7) is 4.76. The Balaban J connectivity index is 1.24. The van der Waals surface area contributed by atoms with Crippen LogP contribution in [0.4, 0.5) is 16.2 Å². The van der Waals surface area contributed by atoms with Crippen LogP contribution in [0.1, 0.15) is 17.4 Å². The van der Waals surface area contributed by atoms with Gasteiger partial charge >= 0.3 is 6.09 Å². The van der Waals surface area contributed by atoms with E-state index in [4.69, 9.17) is 4.74 Å². The number of para-hydroxylation sites is 1. The van der Waals surface area contributed by atoms with Gasteiger partial charge in [-0.3, -0.25) is 15.2 Å². The molecule has 2 aromatic carbocycles. The van der Waals surface area contributed by atoms with E-state index >= 15 is 0 Å². The van der Waals surface area contributed by atoms with Gasteiger partial charge in [0.15, 0.2) is 6.10 Å². The molecule has 1 fully saturated rings. The predicted molar refractivity (Wildman–Crippen MR) is 147 cm³/mol. The Hall–Kier alpha value is -2.68. The summed E-state index contributed by atoms with van der Waals surface area (Å²) in [5, 5.41) is 2.79. The Labute approximate surface area is 222 Å². The number of carbonyl (C=O) groups excluding carboxylic acids is 1. The number of nitrogens with zero attached hydrogens (tertiary/aromatic N) is 3. The fourth-order valence-corrected chi connectivity index (χ4v) is 5.48. The van der Waals surface area contributed by atoms with Gasteiger partial charge in [-0.1, -0.05) is 62.2 Å². The van der Waals surface area contributed by atoms with E-state index in [-0.39, 0.29) is 4.83 Å². The number of anilines is 2. The maximum absolute atomic E-state index is 12.6. The zero-order valence-electron chi connectivity index (χ0n) is 19.1. The van der Waals surface area contributed by atoms with Crippen molar-refractivity contribution in [1.82, 2.24) is 9.88 Å². The Morgan fingerprint density at radius 2 is 1.74 bits per heavy atom. The van der Waals surface area contributed by atoms with Crippen LogP contribution in [0, 0.1) is 0 Å². The van der Waals surface area contributed by atoms with Crippen LogP contribution in [0.5, 0.6) is 0 Å². The van der Waals surface area contributed by atoms with Crippen LogP contribution in [0.25, 0.3) is 5.57 Å². The second-order valence-corrected chi connectivity index (χ2v) is 10.6. The fourth-order valence-electron chi connectivity index (χ4n) is 4.54. The molecular weight excluding hydrogens is 572 g/mol. The number of nitrogens with one attached hydrogen (secondary N) is 1. The normalized spacial score (nSPS) is 20.1. The molecule has 0 spiro atoms. The molecule has 1 aromatic heterocycles. The van der Waals surface area contributed by atoms with Crippen molar-refractivity contribution in [2.45, 2.75) is 10.9 Å². The lowest BCUT2D eigenvalue weighted by Crippen LogP contribution is -2.47. The summed E-state index contributed by atoms with van der Waals surface area (Å²) in [4.78, 5) is 21.9. The van der Waals surface area contributed by atoms with Crippen molar-refractivity contribution in [1.29, 1.82) is 0 Å². The van der Waals surface area contributed by atoms with Gasteiger partial charge in [-0.15, -0.1) is 0 Å². The van der Waals surface area contributed by atoms with Crippen molar-refractivity contribution < 1.29 is 9.53 Å². The van der Waals surface area contributed by atoms with Crippen molar-refractivity contribution in [2.75, 3.05) is 42.9 Å². The zero-order chi connectivity index (χ0) is 24.2. The monoisotopic (exact) mass is 596 g/mol. The summed E-state index contributed by atoms with van der Waals surface area (Å²) < 4.78 is 6.91. The molecule has 2 aliphatic rings. The molecule has 2 heterocycles. The fraction of sp³-hybridized carbons (Fsp3) is 0.259. The molecule has 0 saturated carbocycles.